The first-order chi connectivity index (χ1) is 6.56. The van der Waals surface area contributed by atoms with E-state index in [1.807, 2.05) is 17.5 Å². The van der Waals surface area contributed by atoms with Crippen LogP contribution in [0.3, 0.4) is 0 Å². The third-order valence-electron chi connectivity index (χ3n) is 0.842. The molecule has 6 heteroatoms. The van der Waals surface area contributed by atoms with Gasteiger partial charge in [-0.25, -0.2) is 6.07 Å². The largest absolute Gasteiger partial charge is 1.00 e. The van der Waals surface area contributed by atoms with Crippen molar-refractivity contribution >= 4 is 19.4 Å². The van der Waals surface area contributed by atoms with Gasteiger partial charge in [0, 0.05) is 8.07 Å². The molecule has 0 radical (unpaired) electrons. The third kappa shape index (κ3) is 38.4. The predicted molar refractivity (Wildman–Crippen MR) is 64.6 cm³/mol. The normalized spacial score (nSPS) is 6.41. The van der Waals surface area contributed by atoms with Crippen LogP contribution >= 0.6 is 11.3 Å². The van der Waals surface area contributed by atoms with Crippen LogP contribution in [0.25, 0.3) is 0 Å². The molecule has 1 aromatic heterocycles. The Morgan fingerprint density at radius 1 is 1.29 bits per heavy atom. The van der Waals surface area contributed by atoms with E-state index in [2.05, 4.69) is 43.4 Å². The molecule has 17 heavy (non-hydrogen) atoms. The van der Waals surface area contributed by atoms with Gasteiger partial charge in [0.05, 0.1) is 0 Å². The quantitative estimate of drug-likeness (QED) is 0.292. The van der Waals surface area contributed by atoms with Crippen LogP contribution in [0.1, 0.15) is 0 Å². The molecule has 0 fully saturated rings. The minimum atomic E-state index is -1.08. The third-order valence-corrected chi connectivity index (χ3v) is 2.33. The molecule has 0 spiro atoms. The van der Waals surface area contributed by atoms with Crippen LogP contribution in [0.2, 0.25) is 19.6 Å². The maximum Gasteiger partial charge on any atom is 1.00 e. The van der Waals surface area contributed by atoms with Crippen molar-refractivity contribution < 1.29 is 54.8 Å². The van der Waals surface area contributed by atoms with E-state index in [1.54, 1.807) is 11.3 Å². The summed E-state index contributed by atoms with van der Waals surface area (Å²) >= 11 is 1.59. The summed E-state index contributed by atoms with van der Waals surface area (Å²) in [7, 11) is -1.08. The first-order valence-electron chi connectivity index (χ1n) is 3.97. The molecule has 0 aliphatic carbocycles. The predicted octanol–water partition coefficient (Wildman–Crippen LogP) is -2.65. The molecule has 0 aliphatic heterocycles. The molecule has 0 aliphatic rings. The second kappa shape index (κ2) is 21.8. The number of hydrogen-bond donors (Lipinski definition) is 0. The topological polar surface area (TPSA) is 23.8 Å². The fourth-order valence-corrected chi connectivity index (χ4v) is 1.38. The molecule has 1 aromatic rings. The molecule has 0 saturated heterocycles. The van der Waals surface area contributed by atoms with Crippen LogP contribution in [0.5, 0.6) is 0 Å². The van der Waals surface area contributed by atoms with E-state index < -0.39 is 8.07 Å². The average molecular weight is 298 g/mol. The number of thiophene rings is 1. The fourth-order valence-electron chi connectivity index (χ4n) is 0.462. The van der Waals surface area contributed by atoms with Crippen LogP contribution in [0.4, 0.5) is 0 Å². The van der Waals surface area contributed by atoms with Gasteiger partial charge in [-0.3, -0.25) is 5.92 Å². The van der Waals surface area contributed by atoms with Crippen molar-refractivity contribution in [2.75, 3.05) is 0 Å². The van der Waals surface area contributed by atoms with E-state index in [-0.39, 0.29) is 54.8 Å². The summed E-state index contributed by atoms with van der Waals surface area (Å²) in [6.45, 7) is 14.8. The Labute approximate surface area is 146 Å². The van der Waals surface area contributed by atoms with Crippen LogP contribution in [-0.4, -0.2) is 8.07 Å². The monoisotopic (exact) mass is 297 g/mol. The van der Waals surface area contributed by atoms with Gasteiger partial charge in [0.15, 0.2) is 0 Å². The molecule has 0 atom stereocenters. The van der Waals surface area contributed by atoms with Crippen molar-refractivity contribution in [1.82, 2.24) is 0 Å². The summed E-state index contributed by atoms with van der Waals surface area (Å²) in [5, 5.41) is 11.1. The van der Waals surface area contributed by atoms with Gasteiger partial charge in [-0.1, -0.05) is 19.6 Å². The maximum atomic E-state index is 6.25. The van der Waals surface area contributed by atoms with Gasteiger partial charge in [-0.2, -0.15) is 18.4 Å². The molecule has 0 aromatic carbocycles. The Kier molecular flexibility index (Phi) is 39.1. The zero-order valence-corrected chi connectivity index (χ0v) is 13.9. The summed E-state index contributed by atoms with van der Waals surface area (Å²) in [4.78, 5) is 0. The summed E-state index contributed by atoms with van der Waals surface area (Å²) < 4.78 is 0. The summed E-state index contributed by atoms with van der Waals surface area (Å²) in [5.74, 6) is 2.67. The Hall–Kier alpha value is 0.551. The number of rotatable bonds is 0. The Balaban J connectivity index is -0.0000000433. The summed E-state index contributed by atoms with van der Waals surface area (Å²) in [5.41, 5.74) is 3.06. The molecule has 86 valence electrons. The molecular formula is C11H14CuLi2NSSi. The van der Waals surface area contributed by atoms with E-state index in [4.69, 9.17) is 11.8 Å². The minimum absolute atomic E-state index is 0. The molecular weight excluding hydrogens is 284 g/mol. The summed E-state index contributed by atoms with van der Waals surface area (Å²) in [6.07, 6.45) is 0. The molecule has 0 bridgehead atoms. The van der Waals surface area contributed by atoms with E-state index in [0.29, 0.717) is 0 Å². The Morgan fingerprint density at radius 2 is 1.76 bits per heavy atom. The molecule has 1 rings (SSSR count). The zero-order chi connectivity index (χ0) is 11.4. The molecule has 1 nitrogen and oxygen atoms in total. The molecule has 0 N–H and O–H groups in total. The molecule has 1 heterocycles. The van der Waals surface area contributed by atoms with Crippen molar-refractivity contribution in [2.45, 2.75) is 19.6 Å². The van der Waals surface area contributed by atoms with E-state index in [0.717, 1.165) is 0 Å². The molecule has 0 saturated carbocycles. The smallest absolute Gasteiger partial charge is 0.512 e. The molecule has 0 amide bonds. The van der Waals surface area contributed by atoms with Gasteiger partial charge in [0.2, 0.25) is 0 Å². The SMILES string of the molecule is [C-]#N.[CH2-]C#C[Si](C)(C)C.[Cu+].[Li+].[Li+].[c-]1cccs1. The van der Waals surface area contributed by atoms with Crippen molar-refractivity contribution in [3.63, 3.8) is 0 Å². The summed E-state index contributed by atoms with van der Waals surface area (Å²) in [6, 6.07) is 3.86. The van der Waals surface area contributed by atoms with Crippen LogP contribution < -0.4 is 37.7 Å². The zero-order valence-electron chi connectivity index (χ0n) is 11.1. The standard InChI is InChI=1S/C6H11Si.C4H3S.CN.Cu.2Li/c1-5-6-7(2,3)4;1-2-4-5-3-1;1-2;;;/h1H2,2-4H3;1-3H;;;;/q3*-1;3*+1. The Morgan fingerprint density at radius 3 is 1.82 bits per heavy atom. The minimum Gasteiger partial charge on any atom is -0.512 e. The van der Waals surface area contributed by atoms with E-state index in [9.17, 15) is 0 Å². The second-order valence-electron chi connectivity index (χ2n) is 3.28. The first-order valence-corrected chi connectivity index (χ1v) is 8.35. The van der Waals surface area contributed by atoms with Gasteiger partial charge < -0.3 is 28.7 Å². The van der Waals surface area contributed by atoms with Gasteiger partial charge >= 0.3 is 54.8 Å². The van der Waals surface area contributed by atoms with Crippen LogP contribution in [0, 0.1) is 35.6 Å². The van der Waals surface area contributed by atoms with E-state index in [1.165, 1.54) is 0 Å². The average Bonchev–Trinajstić information content (AvgIpc) is 2.62. The van der Waals surface area contributed by atoms with E-state index >= 15 is 0 Å². The van der Waals surface area contributed by atoms with Crippen molar-refractivity contribution in [3.05, 3.63) is 36.4 Å². The van der Waals surface area contributed by atoms with Crippen molar-refractivity contribution in [3.8, 4) is 11.5 Å². The first kappa shape index (κ1) is 30.5. The van der Waals surface area contributed by atoms with Gasteiger partial charge in [-0.15, -0.1) is 5.38 Å². The fraction of sp³-hybridized carbons (Fsp3) is 0.273. The van der Waals surface area contributed by atoms with Crippen LogP contribution in [0.15, 0.2) is 17.5 Å². The number of nitrogens with zero attached hydrogens (tertiary/aromatic N) is 1. The van der Waals surface area contributed by atoms with Crippen LogP contribution in [-0.2, 0) is 17.1 Å². The van der Waals surface area contributed by atoms with Crippen molar-refractivity contribution in [2.24, 2.45) is 0 Å². The van der Waals surface area contributed by atoms with Crippen molar-refractivity contribution in [1.29, 1.82) is 5.26 Å². The molecule has 0 unspecified atom stereocenters. The maximum absolute atomic E-state index is 6.25. The Bertz CT molecular complexity index is 269. The van der Waals surface area contributed by atoms with Gasteiger partial charge in [-0.05, 0) is 0 Å². The van der Waals surface area contributed by atoms with Gasteiger partial charge in [0.1, 0.15) is 0 Å². The second-order valence-corrected chi connectivity index (χ2v) is 8.78. The number of hydrogen-bond acceptors (Lipinski definition) is 2. The van der Waals surface area contributed by atoms with Gasteiger partial charge in [0.25, 0.3) is 0 Å².